The minimum absolute atomic E-state index is 0.132. The SMILES string of the molecule is C#CC1(c2cn(C)c3ccc(F)cc23)CC1. The Morgan fingerprint density at radius 3 is 2.81 bits per heavy atom. The van der Waals surface area contributed by atoms with E-state index in [9.17, 15) is 4.39 Å². The van der Waals surface area contributed by atoms with Gasteiger partial charge in [0.1, 0.15) is 5.82 Å². The number of aromatic nitrogens is 1. The summed E-state index contributed by atoms with van der Waals surface area (Å²) in [5, 5.41) is 0.956. The molecule has 0 amide bonds. The van der Waals surface area contributed by atoms with Crippen LogP contribution in [0.3, 0.4) is 0 Å². The van der Waals surface area contributed by atoms with Gasteiger partial charge in [0.15, 0.2) is 0 Å². The van der Waals surface area contributed by atoms with Crippen LogP contribution < -0.4 is 0 Å². The molecule has 2 aromatic rings. The number of halogens is 1. The third-order valence-electron chi connectivity index (χ3n) is 3.49. The Morgan fingerprint density at radius 1 is 1.44 bits per heavy atom. The van der Waals surface area contributed by atoms with E-state index >= 15 is 0 Å². The quantitative estimate of drug-likeness (QED) is 0.642. The smallest absolute Gasteiger partial charge is 0.123 e. The van der Waals surface area contributed by atoms with E-state index in [2.05, 4.69) is 5.92 Å². The highest BCUT2D eigenvalue weighted by Gasteiger charge is 2.44. The first-order chi connectivity index (χ1) is 7.66. The Hall–Kier alpha value is -1.75. The maximum absolute atomic E-state index is 13.3. The molecule has 3 rings (SSSR count). The molecule has 1 saturated carbocycles. The van der Waals surface area contributed by atoms with Gasteiger partial charge >= 0.3 is 0 Å². The normalized spacial score (nSPS) is 17.3. The molecule has 1 aromatic carbocycles. The average Bonchev–Trinajstić information content (AvgIpc) is 3.00. The summed E-state index contributed by atoms with van der Waals surface area (Å²) in [6.07, 6.45) is 9.65. The third-order valence-corrected chi connectivity index (χ3v) is 3.49. The van der Waals surface area contributed by atoms with Crippen molar-refractivity contribution >= 4 is 10.9 Å². The van der Waals surface area contributed by atoms with Gasteiger partial charge < -0.3 is 4.57 Å². The van der Waals surface area contributed by atoms with E-state index in [-0.39, 0.29) is 11.2 Å². The molecule has 0 atom stereocenters. The summed E-state index contributed by atoms with van der Waals surface area (Å²) in [7, 11) is 1.97. The number of nitrogens with zero attached hydrogens (tertiary/aromatic N) is 1. The van der Waals surface area contributed by atoms with Gasteiger partial charge in [0.25, 0.3) is 0 Å². The van der Waals surface area contributed by atoms with Crippen LogP contribution in [0.4, 0.5) is 4.39 Å². The first kappa shape index (κ1) is 9.47. The molecule has 0 aliphatic heterocycles. The molecule has 1 aliphatic rings. The molecule has 0 spiro atoms. The van der Waals surface area contributed by atoms with E-state index in [0.717, 1.165) is 29.3 Å². The van der Waals surface area contributed by atoms with Crippen LogP contribution >= 0.6 is 0 Å². The molecule has 0 N–H and O–H groups in total. The standard InChI is InChI=1S/C14H12FN/c1-3-14(6-7-14)12-9-16(2)13-5-4-10(15)8-11(12)13/h1,4-5,8-9H,6-7H2,2H3. The lowest BCUT2D eigenvalue weighted by molar-refractivity contribution is 0.629. The summed E-state index contributed by atoms with van der Waals surface area (Å²) in [6, 6.07) is 4.88. The van der Waals surface area contributed by atoms with Crippen LogP contribution in [0.15, 0.2) is 24.4 Å². The van der Waals surface area contributed by atoms with Crippen LogP contribution in [-0.4, -0.2) is 4.57 Å². The lowest BCUT2D eigenvalue weighted by Gasteiger charge is -2.05. The largest absolute Gasteiger partial charge is 0.350 e. The molecule has 0 radical (unpaired) electrons. The minimum atomic E-state index is -0.201. The lowest BCUT2D eigenvalue weighted by Crippen LogP contribution is -2.01. The molecule has 1 nitrogen and oxygen atoms in total. The molecule has 1 fully saturated rings. The van der Waals surface area contributed by atoms with Crippen LogP contribution in [0.5, 0.6) is 0 Å². The molecular weight excluding hydrogens is 201 g/mol. The molecule has 1 aliphatic carbocycles. The Balaban J connectivity index is 2.34. The first-order valence-electron chi connectivity index (χ1n) is 5.39. The van der Waals surface area contributed by atoms with Crippen molar-refractivity contribution in [3.05, 3.63) is 35.8 Å². The minimum Gasteiger partial charge on any atom is -0.350 e. The van der Waals surface area contributed by atoms with E-state index in [1.165, 1.54) is 6.07 Å². The molecule has 16 heavy (non-hydrogen) atoms. The van der Waals surface area contributed by atoms with E-state index < -0.39 is 0 Å². The zero-order valence-corrected chi connectivity index (χ0v) is 9.13. The predicted octanol–water partition coefficient (Wildman–Crippen LogP) is 2.98. The van der Waals surface area contributed by atoms with Crippen molar-refractivity contribution in [3.63, 3.8) is 0 Å². The number of fused-ring (bicyclic) bond motifs is 1. The number of hydrogen-bond acceptors (Lipinski definition) is 0. The zero-order valence-electron chi connectivity index (χ0n) is 9.13. The van der Waals surface area contributed by atoms with Crippen molar-refractivity contribution in [2.75, 3.05) is 0 Å². The van der Waals surface area contributed by atoms with Crippen LogP contribution in [0.2, 0.25) is 0 Å². The molecule has 1 aromatic heterocycles. The second kappa shape index (κ2) is 2.89. The molecule has 0 unspecified atom stereocenters. The fourth-order valence-electron chi connectivity index (χ4n) is 2.36. The first-order valence-corrected chi connectivity index (χ1v) is 5.39. The molecule has 1 heterocycles. The van der Waals surface area contributed by atoms with Crippen molar-refractivity contribution < 1.29 is 4.39 Å². The lowest BCUT2D eigenvalue weighted by atomic mass is 9.96. The van der Waals surface area contributed by atoms with Crippen LogP contribution in [0, 0.1) is 18.2 Å². The van der Waals surface area contributed by atoms with Gasteiger partial charge in [-0.2, -0.15) is 0 Å². The van der Waals surface area contributed by atoms with Gasteiger partial charge in [0.05, 0.1) is 5.41 Å². The van der Waals surface area contributed by atoms with Crippen LogP contribution in [0.25, 0.3) is 10.9 Å². The van der Waals surface area contributed by atoms with Crippen molar-refractivity contribution in [3.8, 4) is 12.3 Å². The summed E-state index contributed by atoms with van der Waals surface area (Å²) >= 11 is 0. The van der Waals surface area contributed by atoms with Crippen molar-refractivity contribution in [1.29, 1.82) is 0 Å². The van der Waals surface area contributed by atoms with E-state index in [1.807, 2.05) is 17.8 Å². The van der Waals surface area contributed by atoms with Gasteiger partial charge in [-0.1, -0.05) is 5.92 Å². The van der Waals surface area contributed by atoms with Gasteiger partial charge in [-0.05, 0) is 36.6 Å². The predicted molar refractivity (Wildman–Crippen MR) is 62.6 cm³/mol. The highest BCUT2D eigenvalue weighted by atomic mass is 19.1. The van der Waals surface area contributed by atoms with Crippen LogP contribution in [-0.2, 0) is 12.5 Å². The number of rotatable bonds is 1. The maximum Gasteiger partial charge on any atom is 0.123 e. The van der Waals surface area contributed by atoms with Gasteiger partial charge in [0, 0.05) is 24.1 Å². The average molecular weight is 213 g/mol. The molecular formula is C14H12FN. The fourth-order valence-corrected chi connectivity index (χ4v) is 2.36. The zero-order chi connectivity index (χ0) is 11.3. The molecule has 80 valence electrons. The monoisotopic (exact) mass is 213 g/mol. The second-order valence-corrected chi connectivity index (χ2v) is 4.54. The Bertz CT molecular complexity index is 611. The maximum atomic E-state index is 13.3. The number of aryl methyl sites for hydroxylation is 1. The van der Waals surface area contributed by atoms with E-state index in [4.69, 9.17) is 6.42 Å². The van der Waals surface area contributed by atoms with Crippen LogP contribution in [0.1, 0.15) is 18.4 Å². The highest BCUT2D eigenvalue weighted by molar-refractivity contribution is 5.86. The van der Waals surface area contributed by atoms with Crippen molar-refractivity contribution in [2.45, 2.75) is 18.3 Å². The van der Waals surface area contributed by atoms with Gasteiger partial charge in [0.2, 0.25) is 0 Å². The van der Waals surface area contributed by atoms with Crippen molar-refractivity contribution in [2.24, 2.45) is 7.05 Å². The fraction of sp³-hybridized carbons (Fsp3) is 0.286. The second-order valence-electron chi connectivity index (χ2n) is 4.54. The van der Waals surface area contributed by atoms with Gasteiger partial charge in [-0.3, -0.25) is 0 Å². The number of hydrogen-bond donors (Lipinski definition) is 0. The number of benzene rings is 1. The van der Waals surface area contributed by atoms with Gasteiger partial charge in [-0.25, -0.2) is 4.39 Å². The summed E-state index contributed by atoms with van der Waals surface area (Å²) in [5.74, 6) is 2.66. The van der Waals surface area contributed by atoms with E-state index in [1.54, 1.807) is 12.1 Å². The summed E-state index contributed by atoms with van der Waals surface area (Å²) < 4.78 is 15.3. The number of terminal acetylenes is 1. The molecule has 0 bridgehead atoms. The Morgan fingerprint density at radius 2 is 2.19 bits per heavy atom. The Kier molecular flexibility index (Phi) is 1.71. The van der Waals surface area contributed by atoms with E-state index in [0.29, 0.717) is 0 Å². The topological polar surface area (TPSA) is 4.93 Å². The summed E-state index contributed by atoms with van der Waals surface area (Å²) in [4.78, 5) is 0. The molecule has 0 saturated heterocycles. The van der Waals surface area contributed by atoms with Crippen molar-refractivity contribution in [1.82, 2.24) is 4.57 Å². The summed E-state index contributed by atoms with van der Waals surface area (Å²) in [5.41, 5.74) is 2.01. The summed E-state index contributed by atoms with van der Waals surface area (Å²) in [6.45, 7) is 0. The highest BCUT2D eigenvalue weighted by Crippen LogP contribution is 2.50. The van der Waals surface area contributed by atoms with Gasteiger partial charge in [-0.15, -0.1) is 6.42 Å². The Labute approximate surface area is 93.9 Å². The third kappa shape index (κ3) is 1.12. The molecule has 2 heteroatoms.